The third-order valence-corrected chi connectivity index (χ3v) is 10.0. The highest BCUT2D eigenvalue weighted by molar-refractivity contribution is 5.67. The number of fused-ring (bicyclic) bond motifs is 3. The van der Waals surface area contributed by atoms with Gasteiger partial charge in [-0.05, 0) is 25.0 Å². The third kappa shape index (κ3) is 3.19. The minimum Gasteiger partial charge on any atom is -0.458 e. The molecule has 36 heavy (non-hydrogen) atoms. The van der Waals surface area contributed by atoms with Gasteiger partial charge in [-0.3, -0.25) is 9.59 Å². The Hall–Kier alpha value is -1.78. The molecule has 4 rings (SSSR count). The molecule has 1 aliphatic heterocycles. The van der Waals surface area contributed by atoms with E-state index in [9.17, 15) is 30.0 Å². The van der Waals surface area contributed by atoms with Crippen molar-refractivity contribution < 1.29 is 44.2 Å². The summed E-state index contributed by atoms with van der Waals surface area (Å²) in [7, 11) is 0. The summed E-state index contributed by atoms with van der Waals surface area (Å²) in [5, 5.41) is 46.2. The van der Waals surface area contributed by atoms with E-state index in [-0.39, 0.29) is 19.4 Å². The number of hydrogen-bond acceptors (Lipinski definition) is 9. The molecule has 3 aliphatic carbocycles. The van der Waals surface area contributed by atoms with Crippen LogP contribution in [0.2, 0.25) is 0 Å². The van der Waals surface area contributed by atoms with E-state index < -0.39 is 76.3 Å². The molecule has 9 nitrogen and oxygen atoms in total. The Morgan fingerprint density at radius 2 is 1.64 bits per heavy atom. The molecule has 2 saturated carbocycles. The van der Waals surface area contributed by atoms with Gasteiger partial charge in [-0.15, -0.1) is 0 Å². The fraction of sp³-hybridized carbons (Fsp3) is 0.778. The summed E-state index contributed by atoms with van der Waals surface area (Å²) in [6.07, 6.45) is -6.87. The van der Waals surface area contributed by atoms with Crippen LogP contribution >= 0.6 is 0 Å². The van der Waals surface area contributed by atoms with Crippen molar-refractivity contribution >= 4 is 11.9 Å². The van der Waals surface area contributed by atoms with E-state index in [1.165, 1.54) is 13.8 Å². The Morgan fingerprint density at radius 1 is 1.03 bits per heavy atom. The lowest BCUT2D eigenvalue weighted by Crippen LogP contribution is -2.74. The molecule has 0 unspecified atom stereocenters. The number of ether oxygens (including phenoxy) is 3. The number of carbonyl (C=O) groups is 2. The second kappa shape index (κ2) is 8.36. The van der Waals surface area contributed by atoms with Crippen LogP contribution in [0.15, 0.2) is 23.3 Å². The molecule has 4 aliphatic rings. The van der Waals surface area contributed by atoms with Crippen LogP contribution in [0.25, 0.3) is 0 Å². The maximum Gasteiger partial charge on any atom is 0.303 e. The molecular formula is C27H40O9. The molecule has 2 bridgehead atoms. The van der Waals surface area contributed by atoms with Gasteiger partial charge >= 0.3 is 11.9 Å². The van der Waals surface area contributed by atoms with Crippen LogP contribution in [0.3, 0.4) is 0 Å². The second-order valence-corrected chi connectivity index (χ2v) is 12.1. The van der Waals surface area contributed by atoms with Crippen LogP contribution in [0.4, 0.5) is 0 Å². The topological polar surface area (TPSA) is 143 Å². The number of carbonyl (C=O) groups excluding carboxylic acids is 2. The van der Waals surface area contributed by atoms with Crippen LogP contribution in [0.5, 0.6) is 0 Å². The van der Waals surface area contributed by atoms with Gasteiger partial charge in [0.05, 0.1) is 31.0 Å². The van der Waals surface area contributed by atoms with Crippen molar-refractivity contribution in [1.82, 2.24) is 0 Å². The SMILES string of the molecule is C=C(C)[C@]12C[C@H](OC(C)=O)C(C)=C([C@@H](O)[C@H](O)[C@@]3(C)[C@@H]4[C@@H]1OC[C@]4(OC(C)=O)[C@@H](O)C[C@@H]3O)C2(C)C. The molecule has 0 aromatic carbocycles. The Kier molecular flexibility index (Phi) is 6.33. The molecule has 1 heterocycles. The Morgan fingerprint density at radius 3 is 2.17 bits per heavy atom. The molecule has 4 N–H and O–H groups in total. The van der Waals surface area contributed by atoms with E-state index in [1.807, 2.05) is 20.8 Å². The van der Waals surface area contributed by atoms with Crippen LogP contribution in [-0.4, -0.2) is 81.2 Å². The number of rotatable bonds is 3. The molecule has 10 atom stereocenters. The standard InChI is InChI=1S/C27H40O9/c1-12(2)26-10-16(35-14(4)28)13(3)19(24(26,6)7)20(32)22(33)25(8)17(30)9-18(31)27(36-15(5)29)11-34-23(26)21(25)27/h16-18,20-23,30-33H,1,9-11H2,2-8H3/t16-,17-,18-,20+,21-,22-,23-,25+,26+,27-/m0/s1. The predicted octanol–water partition coefficient (Wildman–Crippen LogP) is 1.41. The number of esters is 2. The van der Waals surface area contributed by atoms with Crippen molar-refractivity contribution in [2.45, 2.75) is 104 Å². The van der Waals surface area contributed by atoms with Gasteiger partial charge in [-0.1, -0.05) is 32.9 Å². The Labute approximate surface area is 212 Å². The van der Waals surface area contributed by atoms with Crippen molar-refractivity contribution in [3.8, 4) is 0 Å². The summed E-state index contributed by atoms with van der Waals surface area (Å²) in [6.45, 7) is 15.9. The summed E-state index contributed by atoms with van der Waals surface area (Å²) in [5.74, 6) is -2.03. The lowest BCUT2D eigenvalue weighted by atomic mass is 9.41. The van der Waals surface area contributed by atoms with Crippen molar-refractivity contribution in [2.24, 2.45) is 22.2 Å². The Balaban J connectivity index is 2.10. The van der Waals surface area contributed by atoms with Gasteiger partial charge in [0.25, 0.3) is 0 Å². The first-order valence-corrected chi connectivity index (χ1v) is 12.6. The highest BCUT2D eigenvalue weighted by Crippen LogP contribution is 2.69. The zero-order valence-corrected chi connectivity index (χ0v) is 22.2. The molecule has 0 aromatic rings. The molecule has 1 saturated heterocycles. The van der Waals surface area contributed by atoms with Crippen molar-refractivity contribution in [1.29, 1.82) is 0 Å². The van der Waals surface area contributed by atoms with Gasteiger partial charge in [0.2, 0.25) is 0 Å². The summed E-state index contributed by atoms with van der Waals surface area (Å²) >= 11 is 0. The predicted molar refractivity (Wildman–Crippen MR) is 128 cm³/mol. The fourth-order valence-corrected chi connectivity index (χ4v) is 8.39. The largest absolute Gasteiger partial charge is 0.458 e. The van der Waals surface area contributed by atoms with Gasteiger partial charge < -0.3 is 34.6 Å². The zero-order valence-electron chi connectivity index (χ0n) is 22.2. The molecule has 9 heteroatoms. The smallest absolute Gasteiger partial charge is 0.303 e. The number of aliphatic hydroxyl groups excluding tert-OH is 4. The first kappa shape index (κ1) is 27.3. The second-order valence-electron chi connectivity index (χ2n) is 12.1. The first-order chi connectivity index (χ1) is 16.5. The number of aliphatic hydroxyl groups is 4. The molecule has 0 amide bonds. The van der Waals surface area contributed by atoms with Gasteiger partial charge in [0, 0.05) is 48.9 Å². The Bertz CT molecular complexity index is 1020. The van der Waals surface area contributed by atoms with Crippen LogP contribution < -0.4 is 0 Å². The van der Waals surface area contributed by atoms with Crippen molar-refractivity contribution in [3.63, 3.8) is 0 Å². The minimum atomic E-state index is -1.56. The van der Waals surface area contributed by atoms with Gasteiger partial charge in [-0.25, -0.2) is 0 Å². The average Bonchev–Trinajstić information content (AvgIpc) is 3.13. The van der Waals surface area contributed by atoms with E-state index in [0.717, 1.165) is 0 Å². The molecule has 0 aromatic heterocycles. The van der Waals surface area contributed by atoms with Gasteiger partial charge in [0.15, 0.2) is 5.60 Å². The summed E-state index contributed by atoms with van der Waals surface area (Å²) in [6, 6.07) is 0. The maximum absolute atomic E-state index is 12.3. The maximum atomic E-state index is 12.3. The summed E-state index contributed by atoms with van der Waals surface area (Å²) < 4.78 is 18.0. The van der Waals surface area contributed by atoms with E-state index in [2.05, 4.69) is 6.58 Å². The molecule has 3 fully saturated rings. The van der Waals surface area contributed by atoms with Crippen molar-refractivity contribution in [3.05, 3.63) is 23.3 Å². The minimum absolute atomic E-state index is 0.157. The molecular weight excluding hydrogens is 468 g/mol. The van der Waals surface area contributed by atoms with Crippen LogP contribution in [0, 0.1) is 22.2 Å². The van der Waals surface area contributed by atoms with E-state index in [0.29, 0.717) is 16.7 Å². The number of hydrogen-bond donors (Lipinski definition) is 4. The van der Waals surface area contributed by atoms with E-state index in [1.54, 1.807) is 13.8 Å². The highest BCUT2D eigenvalue weighted by Gasteiger charge is 2.77. The molecule has 202 valence electrons. The van der Waals surface area contributed by atoms with E-state index >= 15 is 0 Å². The zero-order chi connectivity index (χ0) is 27.2. The summed E-state index contributed by atoms with van der Waals surface area (Å²) in [5.41, 5.74) is -2.99. The third-order valence-electron chi connectivity index (χ3n) is 10.0. The lowest BCUT2D eigenvalue weighted by molar-refractivity contribution is -0.260. The molecule has 0 spiro atoms. The van der Waals surface area contributed by atoms with Crippen LogP contribution in [-0.2, 0) is 23.8 Å². The summed E-state index contributed by atoms with van der Waals surface area (Å²) in [4.78, 5) is 24.4. The van der Waals surface area contributed by atoms with Crippen molar-refractivity contribution in [2.75, 3.05) is 6.61 Å². The molecule has 0 radical (unpaired) electrons. The quantitative estimate of drug-likeness (QED) is 0.329. The van der Waals surface area contributed by atoms with Gasteiger partial charge in [-0.2, -0.15) is 0 Å². The first-order valence-electron chi connectivity index (χ1n) is 12.6. The lowest BCUT2D eigenvalue weighted by Gasteiger charge is -2.65. The normalized spacial score (nSPS) is 47.4. The average molecular weight is 509 g/mol. The van der Waals surface area contributed by atoms with E-state index in [4.69, 9.17) is 14.2 Å². The van der Waals surface area contributed by atoms with Gasteiger partial charge in [0.1, 0.15) is 12.2 Å². The van der Waals surface area contributed by atoms with Crippen LogP contribution in [0.1, 0.15) is 61.3 Å². The monoisotopic (exact) mass is 508 g/mol. The fourth-order valence-electron chi connectivity index (χ4n) is 8.39. The highest BCUT2D eigenvalue weighted by atomic mass is 16.6.